The van der Waals surface area contributed by atoms with Crippen LogP contribution >= 0.6 is 0 Å². The molecule has 0 aliphatic carbocycles. The Morgan fingerprint density at radius 1 is 1.67 bits per heavy atom. The number of halogens is 2. The topological polar surface area (TPSA) is 49.8 Å². The van der Waals surface area contributed by atoms with Gasteiger partial charge in [0.15, 0.2) is 0 Å². The summed E-state index contributed by atoms with van der Waals surface area (Å²) in [6, 6.07) is 0. The second kappa shape index (κ2) is 3.66. The standard InChI is InChI=1S/C6H9F2NO3/c7-5(8)3-12-4-1-9(2-4)6(10)11/h4-5H,1-3H2,(H,10,11). The van der Waals surface area contributed by atoms with Gasteiger partial charge in [0.05, 0.1) is 19.2 Å². The minimum Gasteiger partial charge on any atom is -0.465 e. The molecule has 0 aromatic heterocycles. The first kappa shape index (κ1) is 9.18. The normalized spacial score (nSPS) is 18.1. The summed E-state index contributed by atoms with van der Waals surface area (Å²) in [6.07, 6.45) is -3.87. The van der Waals surface area contributed by atoms with E-state index in [2.05, 4.69) is 4.74 Å². The van der Waals surface area contributed by atoms with Gasteiger partial charge in [-0.2, -0.15) is 0 Å². The maximum Gasteiger partial charge on any atom is 0.407 e. The number of alkyl halides is 2. The zero-order valence-electron chi connectivity index (χ0n) is 6.24. The van der Waals surface area contributed by atoms with Crippen molar-refractivity contribution in [2.24, 2.45) is 0 Å². The Morgan fingerprint density at radius 3 is 2.67 bits per heavy atom. The monoisotopic (exact) mass is 181 g/mol. The average Bonchev–Trinajstić information content (AvgIpc) is 1.82. The third kappa shape index (κ3) is 2.30. The van der Waals surface area contributed by atoms with Crippen LogP contribution in [0.15, 0.2) is 0 Å². The minimum absolute atomic E-state index is 0.196. The zero-order chi connectivity index (χ0) is 9.14. The van der Waals surface area contributed by atoms with Gasteiger partial charge in [0.1, 0.15) is 6.61 Å². The highest BCUT2D eigenvalue weighted by molar-refractivity contribution is 5.66. The molecule has 0 bridgehead atoms. The van der Waals surface area contributed by atoms with Gasteiger partial charge in [-0.15, -0.1) is 0 Å². The van der Waals surface area contributed by atoms with Crippen molar-refractivity contribution in [2.75, 3.05) is 19.7 Å². The highest BCUT2D eigenvalue weighted by Gasteiger charge is 2.31. The maximum absolute atomic E-state index is 11.6. The van der Waals surface area contributed by atoms with Crippen LogP contribution in [0.4, 0.5) is 13.6 Å². The van der Waals surface area contributed by atoms with E-state index in [4.69, 9.17) is 5.11 Å². The van der Waals surface area contributed by atoms with Crippen LogP contribution in [-0.4, -0.2) is 48.3 Å². The van der Waals surface area contributed by atoms with E-state index in [-0.39, 0.29) is 19.2 Å². The predicted octanol–water partition coefficient (Wildman–Crippen LogP) is 0.630. The highest BCUT2D eigenvalue weighted by atomic mass is 19.3. The van der Waals surface area contributed by atoms with Crippen LogP contribution in [0, 0.1) is 0 Å². The van der Waals surface area contributed by atoms with E-state index < -0.39 is 19.1 Å². The van der Waals surface area contributed by atoms with Gasteiger partial charge in [-0.3, -0.25) is 0 Å². The molecule has 1 aliphatic rings. The van der Waals surface area contributed by atoms with Crippen molar-refractivity contribution in [2.45, 2.75) is 12.5 Å². The first-order valence-electron chi connectivity index (χ1n) is 3.47. The lowest BCUT2D eigenvalue weighted by molar-refractivity contribution is -0.0795. The van der Waals surface area contributed by atoms with Gasteiger partial charge in [-0.25, -0.2) is 13.6 Å². The molecular formula is C6H9F2NO3. The Balaban J connectivity index is 2.06. The molecule has 6 heteroatoms. The fourth-order valence-corrected chi connectivity index (χ4v) is 0.909. The fraction of sp³-hybridized carbons (Fsp3) is 0.833. The number of carbonyl (C=O) groups is 1. The predicted molar refractivity (Wildman–Crippen MR) is 35.3 cm³/mol. The number of likely N-dealkylation sites (tertiary alicyclic amines) is 1. The van der Waals surface area contributed by atoms with Gasteiger partial charge in [0, 0.05) is 0 Å². The SMILES string of the molecule is O=C(O)N1CC(OCC(F)F)C1. The molecule has 1 heterocycles. The first-order chi connectivity index (χ1) is 5.59. The van der Waals surface area contributed by atoms with Crippen LogP contribution in [0.25, 0.3) is 0 Å². The quantitative estimate of drug-likeness (QED) is 0.694. The average molecular weight is 181 g/mol. The van der Waals surface area contributed by atoms with Gasteiger partial charge < -0.3 is 14.7 Å². The largest absolute Gasteiger partial charge is 0.465 e. The molecule has 1 saturated heterocycles. The molecule has 0 aromatic carbocycles. The summed E-state index contributed by atoms with van der Waals surface area (Å²) in [5, 5.41) is 8.35. The minimum atomic E-state index is -2.48. The van der Waals surface area contributed by atoms with Crippen LogP contribution in [0.3, 0.4) is 0 Å². The summed E-state index contributed by atoms with van der Waals surface area (Å²) in [7, 11) is 0. The van der Waals surface area contributed by atoms with E-state index in [1.54, 1.807) is 0 Å². The number of amides is 1. The van der Waals surface area contributed by atoms with Crippen molar-refractivity contribution < 1.29 is 23.4 Å². The molecule has 1 aliphatic heterocycles. The molecule has 1 fully saturated rings. The molecule has 1 N–H and O–H groups in total. The number of hydrogen-bond acceptors (Lipinski definition) is 2. The third-order valence-corrected chi connectivity index (χ3v) is 1.58. The summed E-state index contributed by atoms with van der Waals surface area (Å²) < 4.78 is 27.8. The van der Waals surface area contributed by atoms with E-state index in [1.807, 2.05) is 0 Å². The van der Waals surface area contributed by atoms with E-state index in [1.165, 1.54) is 0 Å². The van der Waals surface area contributed by atoms with Crippen molar-refractivity contribution in [3.8, 4) is 0 Å². The van der Waals surface area contributed by atoms with Crippen LogP contribution in [0.1, 0.15) is 0 Å². The van der Waals surface area contributed by atoms with Crippen molar-refractivity contribution >= 4 is 6.09 Å². The van der Waals surface area contributed by atoms with E-state index >= 15 is 0 Å². The van der Waals surface area contributed by atoms with Crippen molar-refractivity contribution in [1.82, 2.24) is 4.90 Å². The van der Waals surface area contributed by atoms with Crippen LogP contribution in [0.2, 0.25) is 0 Å². The fourth-order valence-electron chi connectivity index (χ4n) is 0.909. The first-order valence-corrected chi connectivity index (χ1v) is 3.47. The Labute approximate surface area is 67.7 Å². The second-order valence-electron chi connectivity index (χ2n) is 2.53. The molecular weight excluding hydrogens is 172 g/mol. The summed E-state index contributed by atoms with van der Waals surface area (Å²) in [5.74, 6) is 0. The van der Waals surface area contributed by atoms with Gasteiger partial charge in [0.25, 0.3) is 6.43 Å². The summed E-state index contributed by atoms with van der Waals surface area (Å²) in [4.78, 5) is 11.3. The summed E-state index contributed by atoms with van der Waals surface area (Å²) >= 11 is 0. The molecule has 0 unspecified atom stereocenters. The lowest BCUT2D eigenvalue weighted by Gasteiger charge is -2.36. The molecule has 1 amide bonds. The molecule has 0 aromatic rings. The number of hydrogen-bond donors (Lipinski definition) is 1. The molecule has 1 rings (SSSR count). The Morgan fingerprint density at radius 2 is 2.25 bits per heavy atom. The Kier molecular flexibility index (Phi) is 2.80. The number of rotatable bonds is 3. The van der Waals surface area contributed by atoms with Gasteiger partial charge in [-0.1, -0.05) is 0 Å². The molecule has 12 heavy (non-hydrogen) atoms. The van der Waals surface area contributed by atoms with Crippen molar-refractivity contribution in [1.29, 1.82) is 0 Å². The smallest absolute Gasteiger partial charge is 0.407 e. The third-order valence-electron chi connectivity index (χ3n) is 1.58. The molecule has 0 radical (unpaired) electrons. The van der Waals surface area contributed by atoms with Gasteiger partial charge in [0.2, 0.25) is 0 Å². The van der Waals surface area contributed by atoms with Crippen LogP contribution in [-0.2, 0) is 4.74 Å². The lowest BCUT2D eigenvalue weighted by Crippen LogP contribution is -2.54. The highest BCUT2D eigenvalue weighted by Crippen LogP contribution is 2.12. The molecule has 0 spiro atoms. The van der Waals surface area contributed by atoms with Gasteiger partial charge >= 0.3 is 6.09 Å². The molecule has 0 atom stereocenters. The van der Waals surface area contributed by atoms with E-state index in [9.17, 15) is 13.6 Å². The van der Waals surface area contributed by atoms with E-state index in [0.717, 1.165) is 4.90 Å². The van der Waals surface area contributed by atoms with Gasteiger partial charge in [-0.05, 0) is 0 Å². The zero-order valence-corrected chi connectivity index (χ0v) is 6.24. The Hall–Kier alpha value is -0.910. The second-order valence-corrected chi connectivity index (χ2v) is 2.53. The number of carboxylic acid groups (broad SMARTS) is 1. The van der Waals surface area contributed by atoms with Crippen molar-refractivity contribution in [3.05, 3.63) is 0 Å². The molecule has 70 valence electrons. The van der Waals surface area contributed by atoms with Crippen LogP contribution < -0.4 is 0 Å². The number of ether oxygens (including phenoxy) is 1. The lowest BCUT2D eigenvalue weighted by atomic mass is 10.2. The van der Waals surface area contributed by atoms with E-state index in [0.29, 0.717) is 0 Å². The Bertz CT molecular complexity index is 170. The van der Waals surface area contributed by atoms with Crippen LogP contribution in [0.5, 0.6) is 0 Å². The molecule has 4 nitrogen and oxygen atoms in total. The van der Waals surface area contributed by atoms with Crippen molar-refractivity contribution in [3.63, 3.8) is 0 Å². The molecule has 0 saturated carbocycles. The maximum atomic E-state index is 11.6. The summed E-state index contributed by atoms with van der Waals surface area (Å²) in [6.45, 7) is -0.220. The number of nitrogens with zero attached hydrogens (tertiary/aromatic N) is 1. The summed E-state index contributed by atoms with van der Waals surface area (Å²) in [5.41, 5.74) is 0.